The molecule has 0 unspecified atom stereocenters. The summed E-state index contributed by atoms with van der Waals surface area (Å²) in [6.45, 7) is 5.10. The van der Waals surface area contributed by atoms with Gasteiger partial charge in [0.1, 0.15) is 0 Å². The Hall–Kier alpha value is -0.610. The van der Waals surface area contributed by atoms with Crippen molar-refractivity contribution >= 4 is 5.97 Å². The summed E-state index contributed by atoms with van der Waals surface area (Å²) in [7, 11) is 4.07. The maximum atomic E-state index is 11.2. The van der Waals surface area contributed by atoms with Crippen LogP contribution >= 0.6 is 0 Å². The summed E-state index contributed by atoms with van der Waals surface area (Å²) in [5.41, 5.74) is 0. The Morgan fingerprint density at radius 3 is 2.69 bits per heavy atom. The minimum atomic E-state index is -0.623. The maximum Gasteiger partial charge on any atom is 0.308 e. The van der Waals surface area contributed by atoms with Crippen LogP contribution in [0.5, 0.6) is 0 Å². The number of carbonyl (C=O) groups is 1. The van der Waals surface area contributed by atoms with Crippen molar-refractivity contribution in [2.24, 2.45) is 5.92 Å². The molecular formula is C12H24N2O2. The van der Waals surface area contributed by atoms with Gasteiger partial charge in [-0.05, 0) is 53.0 Å². The molecule has 16 heavy (non-hydrogen) atoms. The zero-order valence-corrected chi connectivity index (χ0v) is 10.6. The lowest BCUT2D eigenvalue weighted by atomic mass is 9.87. The smallest absolute Gasteiger partial charge is 0.308 e. The Kier molecular flexibility index (Phi) is 5.22. The molecule has 1 saturated heterocycles. The molecule has 0 bridgehead atoms. The number of piperidine rings is 1. The van der Waals surface area contributed by atoms with Gasteiger partial charge in [0.25, 0.3) is 0 Å². The van der Waals surface area contributed by atoms with Gasteiger partial charge in [0.15, 0.2) is 0 Å². The fourth-order valence-electron chi connectivity index (χ4n) is 2.58. The average Bonchev–Trinajstić information content (AvgIpc) is 2.25. The van der Waals surface area contributed by atoms with Gasteiger partial charge in [-0.25, -0.2) is 0 Å². The maximum absolute atomic E-state index is 11.2. The van der Waals surface area contributed by atoms with Gasteiger partial charge < -0.3 is 10.0 Å². The first-order valence-corrected chi connectivity index (χ1v) is 6.17. The largest absolute Gasteiger partial charge is 0.481 e. The SMILES string of the molecule is CCN1CCC[C@H](C(=O)O)[C@H]1CCN(C)C. The van der Waals surface area contributed by atoms with Gasteiger partial charge in [-0.2, -0.15) is 0 Å². The molecular weight excluding hydrogens is 204 g/mol. The molecule has 1 heterocycles. The Bertz CT molecular complexity index is 231. The minimum Gasteiger partial charge on any atom is -0.481 e. The lowest BCUT2D eigenvalue weighted by Crippen LogP contribution is -2.48. The number of carboxylic acids is 1. The van der Waals surface area contributed by atoms with E-state index in [9.17, 15) is 9.90 Å². The molecule has 4 nitrogen and oxygen atoms in total. The number of carboxylic acid groups (broad SMARTS) is 1. The van der Waals surface area contributed by atoms with E-state index in [2.05, 4.69) is 16.7 Å². The number of aliphatic carboxylic acids is 1. The zero-order chi connectivity index (χ0) is 12.1. The third-order valence-electron chi connectivity index (χ3n) is 3.49. The molecule has 0 aromatic carbocycles. The zero-order valence-electron chi connectivity index (χ0n) is 10.6. The van der Waals surface area contributed by atoms with Gasteiger partial charge >= 0.3 is 5.97 Å². The van der Waals surface area contributed by atoms with Crippen molar-refractivity contribution in [1.29, 1.82) is 0 Å². The number of hydrogen-bond donors (Lipinski definition) is 1. The van der Waals surface area contributed by atoms with Gasteiger partial charge in [0, 0.05) is 6.04 Å². The van der Waals surface area contributed by atoms with Crippen molar-refractivity contribution in [1.82, 2.24) is 9.80 Å². The highest BCUT2D eigenvalue weighted by molar-refractivity contribution is 5.71. The summed E-state index contributed by atoms with van der Waals surface area (Å²) in [6, 6.07) is 0.221. The Labute approximate surface area is 98.2 Å². The molecule has 0 aromatic rings. The molecule has 1 fully saturated rings. The fraction of sp³-hybridized carbons (Fsp3) is 0.917. The van der Waals surface area contributed by atoms with Gasteiger partial charge in [-0.15, -0.1) is 0 Å². The van der Waals surface area contributed by atoms with Crippen LogP contribution < -0.4 is 0 Å². The summed E-state index contributed by atoms with van der Waals surface area (Å²) in [5.74, 6) is -0.796. The second-order valence-electron chi connectivity index (χ2n) is 4.87. The number of hydrogen-bond acceptors (Lipinski definition) is 3. The molecule has 1 aliphatic rings. The Morgan fingerprint density at radius 1 is 1.50 bits per heavy atom. The van der Waals surface area contributed by atoms with E-state index in [0.717, 1.165) is 38.9 Å². The predicted octanol–water partition coefficient (Wildman–Crippen LogP) is 1.12. The van der Waals surface area contributed by atoms with Crippen LogP contribution in [0.1, 0.15) is 26.2 Å². The van der Waals surface area contributed by atoms with E-state index in [1.165, 1.54) is 0 Å². The van der Waals surface area contributed by atoms with Crippen LogP contribution in [0.2, 0.25) is 0 Å². The second-order valence-corrected chi connectivity index (χ2v) is 4.87. The molecule has 4 heteroatoms. The molecule has 94 valence electrons. The van der Waals surface area contributed by atoms with Crippen LogP contribution in [-0.4, -0.2) is 60.6 Å². The van der Waals surface area contributed by atoms with Crippen molar-refractivity contribution in [3.05, 3.63) is 0 Å². The highest BCUT2D eigenvalue weighted by atomic mass is 16.4. The van der Waals surface area contributed by atoms with Crippen LogP contribution in [-0.2, 0) is 4.79 Å². The molecule has 0 aliphatic carbocycles. The monoisotopic (exact) mass is 228 g/mol. The molecule has 0 saturated carbocycles. The molecule has 1 aliphatic heterocycles. The second kappa shape index (κ2) is 6.21. The van der Waals surface area contributed by atoms with Crippen LogP contribution in [0.15, 0.2) is 0 Å². The molecule has 2 atom stereocenters. The van der Waals surface area contributed by atoms with Crippen LogP contribution in [0.3, 0.4) is 0 Å². The molecule has 0 aromatic heterocycles. The standard InChI is InChI=1S/C12H24N2O2/c1-4-14-8-5-6-10(12(15)16)11(14)7-9-13(2)3/h10-11H,4-9H2,1-3H3,(H,15,16)/t10-,11+/m0/s1. The van der Waals surface area contributed by atoms with Crippen molar-refractivity contribution < 1.29 is 9.90 Å². The number of nitrogens with zero attached hydrogens (tertiary/aromatic N) is 2. The van der Waals surface area contributed by atoms with E-state index in [0.29, 0.717) is 0 Å². The molecule has 0 radical (unpaired) electrons. The summed E-state index contributed by atoms with van der Waals surface area (Å²) in [5, 5.41) is 9.25. The normalized spacial score (nSPS) is 27.2. The lowest BCUT2D eigenvalue weighted by Gasteiger charge is -2.39. The van der Waals surface area contributed by atoms with Crippen LogP contribution in [0.25, 0.3) is 0 Å². The van der Waals surface area contributed by atoms with E-state index in [4.69, 9.17) is 0 Å². The Morgan fingerprint density at radius 2 is 2.19 bits per heavy atom. The summed E-state index contributed by atoms with van der Waals surface area (Å²) >= 11 is 0. The van der Waals surface area contributed by atoms with Gasteiger partial charge in [-0.3, -0.25) is 9.69 Å². The quantitative estimate of drug-likeness (QED) is 0.766. The molecule has 0 spiro atoms. The van der Waals surface area contributed by atoms with E-state index in [1.807, 2.05) is 14.1 Å². The van der Waals surface area contributed by atoms with E-state index in [1.54, 1.807) is 0 Å². The van der Waals surface area contributed by atoms with E-state index < -0.39 is 5.97 Å². The third kappa shape index (κ3) is 3.46. The third-order valence-corrected chi connectivity index (χ3v) is 3.49. The van der Waals surface area contributed by atoms with Gasteiger partial charge in [-0.1, -0.05) is 6.92 Å². The van der Waals surface area contributed by atoms with E-state index >= 15 is 0 Å². The van der Waals surface area contributed by atoms with Crippen molar-refractivity contribution in [2.75, 3.05) is 33.7 Å². The summed E-state index contributed by atoms with van der Waals surface area (Å²) in [6.07, 6.45) is 2.81. The Balaban J connectivity index is 2.63. The first-order valence-electron chi connectivity index (χ1n) is 6.17. The van der Waals surface area contributed by atoms with Gasteiger partial charge in [0.2, 0.25) is 0 Å². The molecule has 1 N–H and O–H groups in total. The molecule has 0 amide bonds. The first kappa shape index (κ1) is 13.5. The predicted molar refractivity (Wildman–Crippen MR) is 64.6 cm³/mol. The van der Waals surface area contributed by atoms with E-state index in [-0.39, 0.29) is 12.0 Å². The number of likely N-dealkylation sites (tertiary alicyclic amines) is 1. The highest BCUT2D eigenvalue weighted by Crippen LogP contribution is 2.26. The lowest BCUT2D eigenvalue weighted by molar-refractivity contribution is -0.146. The summed E-state index contributed by atoms with van der Waals surface area (Å²) in [4.78, 5) is 15.7. The van der Waals surface area contributed by atoms with Crippen molar-refractivity contribution in [3.8, 4) is 0 Å². The van der Waals surface area contributed by atoms with Crippen molar-refractivity contribution in [3.63, 3.8) is 0 Å². The fourth-order valence-corrected chi connectivity index (χ4v) is 2.58. The summed E-state index contributed by atoms with van der Waals surface area (Å²) < 4.78 is 0. The highest BCUT2D eigenvalue weighted by Gasteiger charge is 2.34. The van der Waals surface area contributed by atoms with Gasteiger partial charge in [0.05, 0.1) is 5.92 Å². The average molecular weight is 228 g/mol. The topological polar surface area (TPSA) is 43.8 Å². The number of rotatable bonds is 5. The van der Waals surface area contributed by atoms with Crippen LogP contribution in [0, 0.1) is 5.92 Å². The first-order chi connectivity index (χ1) is 7.56. The molecule has 1 rings (SSSR count). The minimum absolute atomic E-state index is 0.173. The van der Waals surface area contributed by atoms with Crippen LogP contribution in [0.4, 0.5) is 0 Å². The van der Waals surface area contributed by atoms with Crippen molar-refractivity contribution in [2.45, 2.75) is 32.2 Å².